The second-order valence-electron chi connectivity index (χ2n) is 5.20. The molecule has 2 rings (SSSR count). The number of rotatable bonds is 7. The van der Waals surface area contributed by atoms with Gasteiger partial charge in [0, 0.05) is 17.8 Å². The van der Waals surface area contributed by atoms with Crippen molar-refractivity contribution in [1.82, 2.24) is 5.32 Å². The van der Waals surface area contributed by atoms with E-state index in [1.165, 1.54) is 0 Å². The molecule has 0 aromatic heterocycles. The summed E-state index contributed by atoms with van der Waals surface area (Å²) in [6.07, 6.45) is 3.32. The smallest absolute Gasteiger partial charge is 0.341 e. The number of benzene rings is 1. The predicted molar refractivity (Wildman–Crippen MR) is 78.5 cm³/mol. The average molecular weight is 292 g/mol. The third-order valence-electron chi connectivity index (χ3n) is 3.35. The summed E-state index contributed by atoms with van der Waals surface area (Å²) in [5, 5.41) is 14.2. The molecule has 0 heterocycles. The number of carboxylic acids is 1. The van der Waals surface area contributed by atoms with Gasteiger partial charge in [0.25, 0.3) is 0 Å². The van der Waals surface area contributed by atoms with Crippen LogP contribution in [0.25, 0.3) is 0 Å². The number of ether oxygens (including phenoxy) is 1. The first kappa shape index (κ1) is 15.2. The summed E-state index contributed by atoms with van der Waals surface area (Å²) in [4.78, 5) is 22.3. The number of urea groups is 1. The van der Waals surface area contributed by atoms with Crippen LogP contribution in [-0.2, 0) is 4.79 Å². The molecule has 0 aliphatic heterocycles. The number of carbonyl (C=O) groups is 2. The third-order valence-corrected chi connectivity index (χ3v) is 3.35. The first-order valence-corrected chi connectivity index (χ1v) is 7.10. The lowest BCUT2D eigenvalue weighted by Crippen LogP contribution is -2.31. The van der Waals surface area contributed by atoms with Gasteiger partial charge >= 0.3 is 12.0 Å². The van der Waals surface area contributed by atoms with Crippen molar-refractivity contribution >= 4 is 17.7 Å². The SMILES string of the molecule is CCCC1CC1NC(=O)Nc1cccc(OCC(=O)O)c1. The van der Waals surface area contributed by atoms with Gasteiger partial charge in [0.15, 0.2) is 6.61 Å². The molecular formula is C15H20N2O4. The Morgan fingerprint density at radius 1 is 1.43 bits per heavy atom. The Kier molecular flexibility index (Phi) is 5.03. The molecule has 0 spiro atoms. The number of hydrogen-bond donors (Lipinski definition) is 3. The first-order valence-electron chi connectivity index (χ1n) is 7.10. The molecule has 1 aromatic carbocycles. The van der Waals surface area contributed by atoms with Gasteiger partial charge in [-0.2, -0.15) is 0 Å². The lowest BCUT2D eigenvalue weighted by atomic mass is 10.2. The fourth-order valence-corrected chi connectivity index (χ4v) is 2.26. The molecule has 0 bridgehead atoms. The summed E-state index contributed by atoms with van der Waals surface area (Å²) >= 11 is 0. The quantitative estimate of drug-likeness (QED) is 0.720. The normalized spacial score (nSPS) is 19.7. The van der Waals surface area contributed by atoms with E-state index < -0.39 is 12.6 Å². The minimum absolute atomic E-state index is 0.242. The van der Waals surface area contributed by atoms with Crippen molar-refractivity contribution in [2.45, 2.75) is 32.2 Å². The first-order chi connectivity index (χ1) is 10.1. The van der Waals surface area contributed by atoms with Crippen LogP contribution in [0.4, 0.5) is 10.5 Å². The maximum Gasteiger partial charge on any atom is 0.341 e. The second-order valence-corrected chi connectivity index (χ2v) is 5.20. The molecule has 1 saturated carbocycles. The van der Waals surface area contributed by atoms with Crippen LogP contribution in [0.1, 0.15) is 26.2 Å². The Hall–Kier alpha value is -2.24. The zero-order valence-electron chi connectivity index (χ0n) is 12.0. The van der Waals surface area contributed by atoms with Gasteiger partial charge in [-0.25, -0.2) is 9.59 Å². The van der Waals surface area contributed by atoms with E-state index in [0.29, 0.717) is 17.4 Å². The minimum Gasteiger partial charge on any atom is -0.482 e. The second kappa shape index (κ2) is 6.97. The number of anilines is 1. The van der Waals surface area contributed by atoms with Gasteiger partial charge in [-0.3, -0.25) is 0 Å². The lowest BCUT2D eigenvalue weighted by Gasteiger charge is -2.09. The molecule has 1 aromatic rings. The molecule has 2 atom stereocenters. The van der Waals surface area contributed by atoms with E-state index >= 15 is 0 Å². The number of nitrogens with one attached hydrogen (secondary N) is 2. The fourth-order valence-electron chi connectivity index (χ4n) is 2.26. The predicted octanol–water partition coefficient (Wildman–Crippen LogP) is 2.46. The highest BCUT2D eigenvalue weighted by Crippen LogP contribution is 2.34. The maximum atomic E-state index is 11.8. The van der Waals surface area contributed by atoms with Crippen LogP contribution in [0.2, 0.25) is 0 Å². The zero-order valence-corrected chi connectivity index (χ0v) is 12.0. The van der Waals surface area contributed by atoms with Crippen molar-refractivity contribution in [2.75, 3.05) is 11.9 Å². The number of carboxylic acid groups (broad SMARTS) is 1. The van der Waals surface area contributed by atoms with Crippen LogP contribution >= 0.6 is 0 Å². The molecular weight excluding hydrogens is 272 g/mol. The molecule has 1 aliphatic rings. The topological polar surface area (TPSA) is 87.7 Å². The molecule has 3 N–H and O–H groups in total. The number of hydrogen-bond acceptors (Lipinski definition) is 3. The Bertz CT molecular complexity index is 518. The molecule has 0 radical (unpaired) electrons. The number of carbonyl (C=O) groups excluding carboxylic acids is 1. The van der Waals surface area contributed by atoms with Gasteiger partial charge in [0.1, 0.15) is 5.75 Å². The van der Waals surface area contributed by atoms with Gasteiger partial charge in [-0.05, 0) is 30.9 Å². The van der Waals surface area contributed by atoms with Crippen molar-refractivity contribution in [2.24, 2.45) is 5.92 Å². The number of amides is 2. The van der Waals surface area contributed by atoms with Gasteiger partial charge in [0.2, 0.25) is 0 Å². The number of aliphatic carboxylic acids is 1. The van der Waals surface area contributed by atoms with Crippen molar-refractivity contribution in [1.29, 1.82) is 0 Å². The van der Waals surface area contributed by atoms with Crippen molar-refractivity contribution < 1.29 is 19.4 Å². The average Bonchev–Trinajstić information content (AvgIpc) is 3.15. The van der Waals surface area contributed by atoms with E-state index in [2.05, 4.69) is 17.6 Å². The summed E-state index contributed by atoms with van der Waals surface area (Å²) in [5.41, 5.74) is 0.572. The molecule has 6 heteroatoms. The molecule has 0 saturated heterocycles. The van der Waals surface area contributed by atoms with E-state index in [1.54, 1.807) is 24.3 Å². The highest BCUT2D eigenvalue weighted by atomic mass is 16.5. The van der Waals surface area contributed by atoms with Crippen LogP contribution in [0.15, 0.2) is 24.3 Å². The molecule has 2 amide bonds. The Labute approximate surface area is 123 Å². The fraction of sp³-hybridized carbons (Fsp3) is 0.467. The standard InChI is InChI=1S/C15H20N2O4/c1-2-4-10-7-13(10)17-15(20)16-11-5-3-6-12(8-11)21-9-14(18)19/h3,5-6,8,10,13H,2,4,7,9H2,1H3,(H,18,19)(H2,16,17,20). The van der Waals surface area contributed by atoms with E-state index in [4.69, 9.17) is 9.84 Å². The minimum atomic E-state index is -1.04. The Morgan fingerprint density at radius 2 is 2.24 bits per heavy atom. The van der Waals surface area contributed by atoms with Crippen LogP contribution in [0, 0.1) is 5.92 Å². The molecule has 6 nitrogen and oxygen atoms in total. The van der Waals surface area contributed by atoms with Gasteiger partial charge < -0.3 is 20.5 Å². The van der Waals surface area contributed by atoms with Crippen molar-refractivity contribution in [3.8, 4) is 5.75 Å². The van der Waals surface area contributed by atoms with Crippen LogP contribution < -0.4 is 15.4 Å². The van der Waals surface area contributed by atoms with E-state index in [1.807, 2.05) is 0 Å². The van der Waals surface area contributed by atoms with Crippen LogP contribution in [0.5, 0.6) is 5.75 Å². The molecule has 1 aliphatic carbocycles. The van der Waals surface area contributed by atoms with Crippen molar-refractivity contribution in [3.05, 3.63) is 24.3 Å². The third kappa shape index (κ3) is 4.98. The highest BCUT2D eigenvalue weighted by Gasteiger charge is 2.37. The molecule has 21 heavy (non-hydrogen) atoms. The summed E-state index contributed by atoms with van der Waals surface area (Å²) in [6, 6.07) is 6.70. The largest absolute Gasteiger partial charge is 0.482 e. The van der Waals surface area contributed by atoms with Crippen LogP contribution in [-0.4, -0.2) is 29.8 Å². The van der Waals surface area contributed by atoms with Gasteiger partial charge in [-0.15, -0.1) is 0 Å². The summed E-state index contributed by atoms with van der Waals surface area (Å²) < 4.78 is 5.06. The summed E-state index contributed by atoms with van der Waals surface area (Å²) in [6.45, 7) is 1.73. The van der Waals surface area contributed by atoms with Crippen LogP contribution in [0.3, 0.4) is 0 Å². The zero-order chi connectivity index (χ0) is 15.2. The van der Waals surface area contributed by atoms with E-state index in [9.17, 15) is 9.59 Å². The maximum absolute atomic E-state index is 11.8. The Balaban J connectivity index is 1.81. The molecule has 114 valence electrons. The van der Waals surface area contributed by atoms with Gasteiger partial charge in [0.05, 0.1) is 0 Å². The van der Waals surface area contributed by atoms with Crippen molar-refractivity contribution in [3.63, 3.8) is 0 Å². The Morgan fingerprint density at radius 3 is 2.95 bits per heavy atom. The highest BCUT2D eigenvalue weighted by molar-refractivity contribution is 5.89. The lowest BCUT2D eigenvalue weighted by molar-refractivity contribution is -0.139. The van der Waals surface area contributed by atoms with E-state index in [-0.39, 0.29) is 12.1 Å². The summed E-state index contributed by atoms with van der Waals surface area (Å²) in [7, 11) is 0. The van der Waals surface area contributed by atoms with Gasteiger partial charge in [-0.1, -0.05) is 19.4 Å². The van der Waals surface area contributed by atoms with E-state index in [0.717, 1.165) is 19.3 Å². The monoisotopic (exact) mass is 292 g/mol. The molecule has 1 fully saturated rings. The molecule has 2 unspecified atom stereocenters. The summed E-state index contributed by atoms with van der Waals surface area (Å²) in [5.74, 6) is -0.0294.